The van der Waals surface area contributed by atoms with E-state index in [1.165, 1.54) is 0 Å². The number of hydrogen-bond donors (Lipinski definition) is 9. The van der Waals surface area contributed by atoms with Crippen molar-refractivity contribution in [3.8, 4) is 0 Å². The standard InChI is InChI=1S/C21H40N8O7/c1-11(2)16(20(35)36)29-19(34)14(7-5-9-26-21(24)25)28-18(33)13(6-3-4-8-22)27-17(32)12(23)10-15(30)31/h11-14,16H,3-10,22-23H2,1-2H3,(H,27,32)(H,28,33)(H,29,34)(H,30,31)(H,35,36)(H4,24,25,26). The molecule has 0 bridgehead atoms. The molecule has 206 valence electrons. The Balaban J connectivity index is 5.64. The van der Waals surface area contributed by atoms with E-state index >= 15 is 0 Å². The number of amides is 3. The van der Waals surface area contributed by atoms with Crippen molar-refractivity contribution < 1.29 is 34.2 Å². The number of carbonyl (C=O) groups is 5. The van der Waals surface area contributed by atoms with Gasteiger partial charge in [0.2, 0.25) is 17.7 Å². The summed E-state index contributed by atoms with van der Waals surface area (Å²) in [5, 5.41) is 25.6. The summed E-state index contributed by atoms with van der Waals surface area (Å²) in [7, 11) is 0. The van der Waals surface area contributed by atoms with Crippen LogP contribution in [-0.2, 0) is 24.0 Å². The summed E-state index contributed by atoms with van der Waals surface area (Å²) < 4.78 is 0. The van der Waals surface area contributed by atoms with Crippen molar-refractivity contribution in [3.63, 3.8) is 0 Å². The van der Waals surface area contributed by atoms with Crippen LogP contribution in [0.1, 0.15) is 52.4 Å². The third-order valence-electron chi connectivity index (χ3n) is 5.12. The Morgan fingerprint density at radius 2 is 1.36 bits per heavy atom. The van der Waals surface area contributed by atoms with E-state index in [-0.39, 0.29) is 31.8 Å². The van der Waals surface area contributed by atoms with Crippen molar-refractivity contribution in [1.29, 1.82) is 0 Å². The first-order valence-electron chi connectivity index (χ1n) is 11.7. The van der Waals surface area contributed by atoms with Gasteiger partial charge in [-0.2, -0.15) is 0 Å². The molecule has 13 N–H and O–H groups in total. The molecule has 0 saturated carbocycles. The SMILES string of the molecule is CC(C)C(NC(=O)C(CCCN=C(N)N)NC(=O)C(CCCCN)NC(=O)C(N)CC(=O)O)C(=O)O. The first kappa shape index (κ1) is 32.5. The van der Waals surface area contributed by atoms with Crippen molar-refractivity contribution in [2.75, 3.05) is 13.1 Å². The summed E-state index contributed by atoms with van der Waals surface area (Å²) in [6.45, 7) is 3.75. The highest BCUT2D eigenvalue weighted by molar-refractivity contribution is 5.94. The van der Waals surface area contributed by atoms with Crippen LogP contribution < -0.4 is 38.9 Å². The van der Waals surface area contributed by atoms with Crippen LogP contribution in [-0.4, -0.2) is 83.1 Å². The second kappa shape index (κ2) is 17.0. The Morgan fingerprint density at radius 3 is 1.83 bits per heavy atom. The molecule has 0 aliphatic carbocycles. The number of aliphatic carboxylic acids is 2. The molecule has 15 nitrogen and oxygen atoms in total. The van der Waals surface area contributed by atoms with Crippen LogP contribution in [0.5, 0.6) is 0 Å². The van der Waals surface area contributed by atoms with Gasteiger partial charge in [0.15, 0.2) is 5.96 Å². The van der Waals surface area contributed by atoms with E-state index in [2.05, 4.69) is 20.9 Å². The van der Waals surface area contributed by atoms with Gasteiger partial charge in [-0.25, -0.2) is 4.79 Å². The zero-order valence-corrected chi connectivity index (χ0v) is 20.7. The maximum Gasteiger partial charge on any atom is 0.326 e. The fourth-order valence-electron chi connectivity index (χ4n) is 3.13. The normalized spacial score (nSPS) is 14.1. The fraction of sp³-hybridized carbons (Fsp3) is 0.714. The van der Waals surface area contributed by atoms with Gasteiger partial charge in [0.05, 0.1) is 12.5 Å². The Labute approximate surface area is 209 Å². The summed E-state index contributed by atoms with van der Waals surface area (Å²) >= 11 is 0. The number of nitrogens with two attached hydrogens (primary N) is 4. The minimum Gasteiger partial charge on any atom is -0.481 e. The Bertz CT molecular complexity index is 786. The maximum atomic E-state index is 13.0. The van der Waals surface area contributed by atoms with Gasteiger partial charge in [0.1, 0.15) is 18.1 Å². The number of carbonyl (C=O) groups excluding carboxylic acids is 3. The molecule has 0 aromatic carbocycles. The van der Waals surface area contributed by atoms with Crippen molar-refractivity contribution in [3.05, 3.63) is 0 Å². The second-order valence-electron chi connectivity index (χ2n) is 8.63. The quantitative estimate of drug-likeness (QED) is 0.0508. The highest BCUT2D eigenvalue weighted by Crippen LogP contribution is 2.07. The predicted octanol–water partition coefficient (Wildman–Crippen LogP) is -2.83. The van der Waals surface area contributed by atoms with Crippen molar-refractivity contribution >= 4 is 35.6 Å². The fourth-order valence-corrected chi connectivity index (χ4v) is 3.13. The molecule has 4 atom stereocenters. The number of unbranched alkanes of at least 4 members (excludes halogenated alkanes) is 1. The zero-order chi connectivity index (χ0) is 27.8. The van der Waals surface area contributed by atoms with Crippen LogP contribution in [0.15, 0.2) is 4.99 Å². The smallest absolute Gasteiger partial charge is 0.326 e. The summed E-state index contributed by atoms with van der Waals surface area (Å²) in [5.74, 6) is -5.38. The lowest BCUT2D eigenvalue weighted by atomic mass is 10.0. The molecule has 36 heavy (non-hydrogen) atoms. The lowest BCUT2D eigenvalue weighted by molar-refractivity contribution is -0.143. The minimum atomic E-state index is -1.38. The molecular formula is C21H40N8O7. The summed E-state index contributed by atoms with van der Waals surface area (Å²) in [4.78, 5) is 64.5. The third-order valence-corrected chi connectivity index (χ3v) is 5.12. The Kier molecular flexibility index (Phi) is 15.4. The van der Waals surface area contributed by atoms with E-state index in [0.717, 1.165) is 0 Å². The van der Waals surface area contributed by atoms with Crippen molar-refractivity contribution in [2.45, 2.75) is 76.5 Å². The summed E-state index contributed by atoms with van der Waals surface area (Å²) in [5.41, 5.74) is 21.7. The van der Waals surface area contributed by atoms with Crippen molar-refractivity contribution in [1.82, 2.24) is 16.0 Å². The summed E-state index contributed by atoms with van der Waals surface area (Å²) in [6, 6.07) is -4.86. The van der Waals surface area contributed by atoms with Crippen LogP contribution in [0.3, 0.4) is 0 Å². The number of guanidine groups is 1. The number of rotatable bonds is 18. The number of carboxylic acid groups (broad SMARTS) is 2. The van der Waals surface area contributed by atoms with Crippen LogP contribution in [0.2, 0.25) is 0 Å². The first-order valence-corrected chi connectivity index (χ1v) is 11.7. The van der Waals surface area contributed by atoms with E-state index in [1.807, 2.05) is 0 Å². The van der Waals surface area contributed by atoms with E-state index in [4.69, 9.17) is 28.0 Å². The van der Waals surface area contributed by atoms with Gasteiger partial charge in [-0.3, -0.25) is 24.2 Å². The number of aliphatic imine (C=N–C) groups is 1. The summed E-state index contributed by atoms with van der Waals surface area (Å²) in [6.07, 6.45) is 0.881. The third kappa shape index (κ3) is 13.4. The first-order chi connectivity index (χ1) is 16.8. The van der Waals surface area contributed by atoms with Gasteiger partial charge in [0.25, 0.3) is 0 Å². The Morgan fingerprint density at radius 1 is 0.833 bits per heavy atom. The van der Waals surface area contributed by atoms with Gasteiger partial charge in [-0.05, 0) is 44.6 Å². The zero-order valence-electron chi connectivity index (χ0n) is 20.7. The van der Waals surface area contributed by atoms with E-state index < -0.39 is 66.2 Å². The van der Waals surface area contributed by atoms with E-state index in [1.54, 1.807) is 13.8 Å². The van der Waals surface area contributed by atoms with Gasteiger partial charge in [-0.15, -0.1) is 0 Å². The number of nitrogens with one attached hydrogen (secondary N) is 3. The minimum absolute atomic E-state index is 0.0702. The van der Waals surface area contributed by atoms with Crippen molar-refractivity contribution in [2.24, 2.45) is 33.8 Å². The monoisotopic (exact) mass is 516 g/mol. The van der Waals surface area contributed by atoms with Gasteiger partial charge < -0.3 is 49.1 Å². The van der Waals surface area contributed by atoms with E-state index in [0.29, 0.717) is 19.4 Å². The Hall–Kier alpha value is -3.46. The molecule has 0 heterocycles. The van der Waals surface area contributed by atoms with Gasteiger partial charge >= 0.3 is 11.9 Å². The molecule has 4 unspecified atom stereocenters. The average molecular weight is 517 g/mol. The number of hydrogen-bond acceptors (Lipinski definition) is 8. The van der Waals surface area contributed by atoms with Crippen LogP contribution in [0.4, 0.5) is 0 Å². The van der Waals surface area contributed by atoms with Gasteiger partial charge in [0, 0.05) is 6.54 Å². The molecule has 0 radical (unpaired) electrons. The number of nitrogens with zero attached hydrogens (tertiary/aromatic N) is 1. The average Bonchev–Trinajstić information content (AvgIpc) is 2.77. The molecule has 0 aromatic heterocycles. The van der Waals surface area contributed by atoms with Crippen LogP contribution in [0.25, 0.3) is 0 Å². The molecule has 15 heteroatoms. The van der Waals surface area contributed by atoms with Crippen LogP contribution >= 0.6 is 0 Å². The van der Waals surface area contributed by atoms with E-state index in [9.17, 15) is 29.1 Å². The molecule has 0 rings (SSSR count). The largest absolute Gasteiger partial charge is 0.481 e. The second-order valence-corrected chi connectivity index (χ2v) is 8.63. The molecular weight excluding hydrogens is 476 g/mol. The lowest BCUT2D eigenvalue weighted by Gasteiger charge is -2.26. The van der Waals surface area contributed by atoms with Gasteiger partial charge in [-0.1, -0.05) is 13.8 Å². The molecule has 0 saturated heterocycles. The lowest BCUT2D eigenvalue weighted by Crippen LogP contribution is -2.57. The maximum absolute atomic E-state index is 13.0. The molecule has 0 fully saturated rings. The molecule has 0 aliphatic rings. The number of carboxylic acids is 2. The topological polar surface area (TPSA) is 278 Å². The molecule has 0 spiro atoms. The molecule has 3 amide bonds. The highest BCUT2D eigenvalue weighted by atomic mass is 16.4. The highest BCUT2D eigenvalue weighted by Gasteiger charge is 2.31. The predicted molar refractivity (Wildman–Crippen MR) is 131 cm³/mol. The molecule has 0 aliphatic heterocycles. The molecule has 0 aromatic rings. The van der Waals surface area contributed by atoms with Crippen LogP contribution in [0, 0.1) is 5.92 Å².